The summed E-state index contributed by atoms with van der Waals surface area (Å²) in [7, 11) is 0. The van der Waals surface area contributed by atoms with Gasteiger partial charge in [0, 0.05) is 13.1 Å². The summed E-state index contributed by atoms with van der Waals surface area (Å²) in [5.41, 5.74) is 0.338. The van der Waals surface area contributed by atoms with Gasteiger partial charge in [0.05, 0.1) is 0 Å². The summed E-state index contributed by atoms with van der Waals surface area (Å²) in [5.74, 6) is -0.664. The molecule has 0 saturated carbocycles. The number of esters is 1. The zero-order valence-corrected chi connectivity index (χ0v) is 8.59. The minimum Gasteiger partial charge on any atom is -0.451 e. The highest BCUT2D eigenvalue weighted by molar-refractivity contribution is 6.19. The normalized spacial score (nSPS) is 23.9. The van der Waals surface area contributed by atoms with E-state index in [9.17, 15) is 9.59 Å². The molecule has 0 bridgehead atoms. The Hall–Kier alpha value is -1.32. The predicted octanol–water partition coefficient (Wildman–Crippen LogP) is 0.480. The third-order valence-electron chi connectivity index (χ3n) is 2.78. The number of nitrogens with zero attached hydrogens (tertiary/aromatic N) is 1. The van der Waals surface area contributed by atoms with E-state index in [-0.39, 0.29) is 11.5 Å². The van der Waals surface area contributed by atoms with Crippen molar-refractivity contribution >= 4 is 11.9 Å². The SMILES string of the molecule is CC1=C(C(=O)N2CC2)C(=O)OC1(C)C. The van der Waals surface area contributed by atoms with Crippen molar-refractivity contribution in [2.75, 3.05) is 13.1 Å². The van der Waals surface area contributed by atoms with Gasteiger partial charge in [0.25, 0.3) is 5.91 Å². The Morgan fingerprint density at radius 3 is 2.36 bits per heavy atom. The van der Waals surface area contributed by atoms with Gasteiger partial charge in [0.1, 0.15) is 11.2 Å². The lowest BCUT2D eigenvalue weighted by Crippen LogP contribution is -2.21. The summed E-state index contributed by atoms with van der Waals surface area (Å²) in [6, 6.07) is 0. The molecule has 14 heavy (non-hydrogen) atoms. The van der Waals surface area contributed by atoms with Crippen LogP contribution in [-0.2, 0) is 14.3 Å². The maximum Gasteiger partial charge on any atom is 0.344 e. The first-order chi connectivity index (χ1) is 6.43. The lowest BCUT2D eigenvalue weighted by molar-refractivity contribution is -0.145. The van der Waals surface area contributed by atoms with E-state index in [1.54, 1.807) is 25.7 Å². The summed E-state index contributed by atoms with van der Waals surface area (Å²) < 4.78 is 5.11. The number of amides is 1. The van der Waals surface area contributed by atoms with E-state index in [1.165, 1.54) is 0 Å². The Bertz CT molecular complexity index is 350. The fraction of sp³-hybridized carbons (Fsp3) is 0.600. The molecule has 4 heteroatoms. The second-order valence-electron chi connectivity index (χ2n) is 4.19. The highest BCUT2D eigenvalue weighted by Crippen LogP contribution is 2.33. The molecule has 0 aromatic carbocycles. The van der Waals surface area contributed by atoms with Gasteiger partial charge < -0.3 is 9.64 Å². The second-order valence-corrected chi connectivity index (χ2v) is 4.19. The number of carbonyl (C=O) groups is 2. The van der Waals surface area contributed by atoms with Crippen LogP contribution in [0.2, 0.25) is 0 Å². The molecule has 1 saturated heterocycles. The molecule has 0 atom stereocenters. The summed E-state index contributed by atoms with van der Waals surface area (Å²) in [5, 5.41) is 0. The maximum absolute atomic E-state index is 11.7. The number of hydrogen-bond acceptors (Lipinski definition) is 3. The van der Waals surface area contributed by atoms with E-state index in [0.29, 0.717) is 0 Å². The monoisotopic (exact) mass is 195 g/mol. The zero-order chi connectivity index (χ0) is 10.5. The summed E-state index contributed by atoms with van der Waals surface area (Å²) in [6.45, 7) is 6.87. The molecule has 76 valence electrons. The molecule has 0 N–H and O–H groups in total. The average molecular weight is 195 g/mol. The predicted molar refractivity (Wildman–Crippen MR) is 49.5 cm³/mol. The van der Waals surface area contributed by atoms with Crippen molar-refractivity contribution in [1.82, 2.24) is 4.90 Å². The molecule has 0 unspecified atom stereocenters. The molecule has 2 heterocycles. The van der Waals surface area contributed by atoms with Crippen molar-refractivity contribution in [2.24, 2.45) is 0 Å². The van der Waals surface area contributed by atoms with Crippen LogP contribution in [0.25, 0.3) is 0 Å². The van der Waals surface area contributed by atoms with Crippen molar-refractivity contribution in [1.29, 1.82) is 0 Å². The molecule has 0 radical (unpaired) electrons. The third kappa shape index (κ3) is 1.22. The lowest BCUT2D eigenvalue weighted by atomic mass is 9.97. The van der Waals surface area contributed by atoms with E-state index in [1.807, 2.05) is 0 Å². The summed E-state index contributed by atoms with van der Waals surface area (Å²) in [4.78, 5) is 24.8. The van der Waals surface area contributed by atoms with Gasteiger partial charge in [-0.2, -0.15) is 0 Å². The van der Waals surface area contributed by atoms with E-state index in [4.69, 9.17) is 4.74 Å². The van der Waals surface area contributed by atoms with Crippen molar-refractivity contribution in [3.8, 4) is 0 Å². The van der Waals surface area contributed by atoms with Crippen LogP contribution in [-0.4, -0.2) is 35.5 Å². The van der Waals surface area contributed by atoms with Crippen LogP contribution < -0.4 is 0 Å². The fourth-order valence-electron chi connectivity index (χ4n) is 1.47. The van der Waals surface area contributed by atoms with Gasteiger partial charge in [-0.25, -0.2) is 4.79 Å². The highest BCUT2D eigenvalue weighted by Gasteiger charge is 2.43. The molecule has 2 rings (SSSR count). The molecular weight excluding hydrogens is 182 g/mol. The fourth-order valence-corrected chi connectivity index (χ4v) is 1.47. The van der Waals surface area contributed by atoms with Crippen molar-refractivity contribution in [3.63, 3.8) is 0 Å². The maximum atomic E-state index is 11.7. The standard InChI is InChI=1S/C10H13NO3/c1-6-7(8(12)11-4-5-11)9(13)14-10(6,2)3/h4-5H2,1-3H3. The van der Waals surface area contributed by atoms with E-state index in [2.05, 4.69) is 0 Å². The van der Waals surface area contributed by atoms with Crippen molar-refractivity contribution in [3.05, 3.63) is 11.1 Å². The van der Waals surface area contributed by atoms with Crippen LogP contribution in [0, 0.1) is 0 Å². The largest absolute Gasteiger partial charge is 0.451 e. The molecule has 0 aromatic rings. The first-order valence-corrected chi connectivity index (χ1v) is 4.67. The van der Waals surface area contributed by atoms with Crippen LogP contribution in [0.15, 0.2) is 11.1 Å². The molecule has 0 spiro atoms. The minimum atomic E-state index is -0.627. The van der Waals surface area contributed by atoms with Gasteiger partial charge in [-0.1, -0.05) is 0 Å². The Morgan fingerprint density at radius 2 is 2.00 bits per heavy atom. The smallest absolute Gasteiger partial charge is 0.344 e. The summed E-state index contributed by atoms with van der Waals surface area (Å²) >= 11 is 0. The number of cyclic esters (lactones) is 1. The quantitative estimate of drug-likeness (QED) is 0.347. The number of carbonyl (C=O) groups excluding carboxylic acids is 2. The van der Waals surface area contributed by atoms with Gasteiger partial charge in [-0.15, -0.1) is 0 Å². The Labute approximate surface area is 82.5 Å². The third-order valence-corrected chi connectivity index (χ3v) is 2.78. The topological polar surface area (TPSA) is 46.4 Å². The van der Waals surface area contributed by atoms with Crippen LogP contribution in [0.1, 0.15) is 20.8 Å². The number of hydrogen-bond donors (Lipinski definition) is 0. The Kier molecular flexibility index (Phi) is 1.71. The van der Waals surface area contributed by atoms with Gasteiger partial charge >= 0.3 is 5.97 Å². The first kappa shape index (κ1) is 9.24. The molecule has 1 fully saturated rings. The zero-order valence-electron chi connectivity index (χ0n) is 8.59. The van der Waals surface area contributed by atoms with E-state index in [0.717, 1.165) is 18.7 Å². The van der Waals surface area contributed by atoms with Crippen molar-refractivity contribution < 1.29 is 14.3 Å². The Balaban J connectivity index is 2.36. The number of rotatable bonds is 1. The van der Waals surface area contributed by atoms with Crippen LogP contribution >= 0.6 is 0 Å². The molecule has 0 aromatic heterocycles. The second kappa shape index (κ2) is 2.59. The summed E-state index contributed by atoms with van der Waals surface area (Å²) in [6.07, 6.45) is 0. The molecule has 2 aliphatic rings. The van der Waals surface area contributed by atoms with Gasteiger partial charge in [-0.3, -0.25) is 4.79 Å². The molecule has 4 nitrogen and oxygen atoms in total. The molecule has 1 amide bonds. The molecule has 0 aliphatic carbocycles. The van der Waals surface area contributed by atoms with Gasteiger partial charge in [0.15, 0.2) is 0 Å². The van der Waals surface area contributed by atoms with Crippen LogP contribution in [0.4, 0.5) is 0 Å². The molecular formula is C10H13NO3. The number of ether oxygens (including phenoxy) is 1. The van der Waals surface area contributed by atoms with E-state index >= 15 is 0 Å². The van der Waals surface area contributed by atoms with Crippen LogP contribution in [0.3, 0.4) is 0 Å². The van der Waals surface area contributed by atoms with Crippen molar-refractivity contribution in [2.45, 2.75) is 26.4 Å². The van der Waals surface area contributed by atoms with Gasteiger partial charge in [0.2, 0.25) is 0 Å². The highest BCUT2D eigenvalue weighted by atomic mass is 16.6. The first-order valence-electron chi connectivity index (χ1n) is 4.67. The van der Waals surface area contributed by atoms with Gasteiger partial charge in [-0.05, 0) is 26.3 Å². The average Bonchev–Trinajstić information content (AvgIpc) is 2.81. The van der Waals surface area contributed by atoms with E-state index < -0.39 is 11.6 Å². The molecule has 2 aliphatic heterocycles. The minimum absolute atomic E-state index is 0.182. The Morgan fingerprint density at radius 1 is 1.43 bits per heavy atom. The van der Waals surface area contributed by atoms with Crippen LogP contribution in [0.5, 0.6) is 0 Å². The lowest BCUT2D eigenvalue weighted by Gasteiger charge is -2.17.